The summed E-state index contributed by atoms with van der Waals surface area (Å²) in [6.45, 7) is 18.1. The van der Waals surface area contributed by atoms with Crippen LogP contribution in [0.5, 0.6) is 0 Å². The number of fused-ring (bicyclic) bond motifs is 6. The summed E-state index contributed by atoms with van der Waals surface area (Å²) in [4.78, 5) is 0. The molecule has 0 atom stereocenters. The molecule has 0 aliphatic carbocycles. The standard InChI is InChI=1S/C32H30.C26H26/c1-21(2)25-15-17-27-28-18-16-26(22(3)4)20-30(28)32(24-13-9-6-10-14-24)31(29(27)19-25)23-11-7-5-8-12-23;1-17(2)20-10-12-23-22(14-20)16-25(19-8-6-5-7-9-19)26-15-21(18(3)4)11-13-24(23)26/h5-22H,1-4H3;5-18H,1-4H3. The summed E-state index contributed by atoms with van der Waals surface area (Å²) in [6, 6.07) is 63.0. The highest BCUT2D eigenvalue weighted by Crippen LogP contribution is 2.46. The molecule has 9 rings (SSSR count). The second-order valence-corrected chi connectivity index (χ2v) is 17.3. The van der Waals surface area contributed by atoms with Crippen LogP contribution in [0.25, 0.3) is 76.5 Å². The second kappa shape index (κ2) is 16.5. The molecule has 0 unspecified atom stereocenters. The number of rotatable bonds is 7. The van der Waals surface area contributed by atoms with Crippen LogP contribution in [0.2, 0.25) is 0 Å². The zero-order chi connectivity index (χ0) is 40.5. The summed E-state index contributed by atoms with van der Waals surface area (Å²) in [5.41, 5.74) is 13.4. The molecule has 58 heavy (non-hydrogen) atoms. The zero-order valence-corrected chi connectivity index (χ0v) is 35.5. The quantitative estimate of drug-likeness (QED) is 0.142. The van der Waals surface area contributed by atoms with Gasteiger partial charge >= 0.3 is 0 Å². The van der Waals surface area contributed by atoms with Crippen molar-refractivity contribution < 1.29 is 0 Å². The van der Waals surface area contributed by atoms with E-state index in [0.29, 0.717) is 23.7 Å². The lowest BCUT2D eigenvalue weighted by atomic mass is 9.83. The Morgan fingerprint density at radius 3 is 0.983 bits per heavy atom. The maximum Gasteiger partial charge on any atom is -0.00202 e. The predicted octanol–water partition coefficient (Wildman–Crippen LogP) is 17.5. The average Bonchev–Trinajstić information content (AvgIpc) is 3.25. The van der Waals surface area contributed by atoms with E-state index in [2.05, 4.69) is 225 Å². The molecule has 0 saturated heterocycles. The topological polar surface area (TPSA) is 0 Å². The molecule has 0 nitrogen and oxygen atoms in total. The highest BCUT2D eigenvalue weighted by Gasteiger charge is 2.19. The van der Waals surface area contributed by atoms with Gasteiger partial charge in [0.2, 0.25) is 0 Å². The predicted molar refractivity (Wildman–Crippen MR) is 256 cm³/mol. The van der Waals surface area contributed by atoms with E-state index in [1.165, 1.54) is 98.7 Å². The van der Waals surface area contributed by atoms with Crippen LogP contribution in [0.4, 0.5) is 0 Å². The number of benzene rings is 9. The maximum atomic E-state index is 2.42. The van der Waals surface area contributed by atoms with Crippen molar-refractivity contribution in [3.63, 3.8) is 0 Å². The van der Waals surface area contributed by atoms with Crippen molar-refractivity contribution in [3.8, 4) is 33.4 Å². The lowest BCUT2D eigenvalue weighted by Gasteiger charge is -2.21. The number of hydrogen-bond donors (Lipinski definition) is 0. The van der Waals surface area contributed by atoms with Crippen LogP contribution in [0, 0.1) is 0 Å². The summed E-state index contributed by atoms with van der Waals surface area (Å²) >= 11 is 0. The molecule has 288 valence electrons. The molecular weight excluding hydrogens is 697 g/mol. The Balaban J connectivity index is 0.000000165. The molecule has 0 N–H and O–H groups in total. The van der Waals surface area contributed by atoms with Crippen molar-refractivity contribution in [2.24, 2.45) is 0 Å². The molecule has 0 spiro atoms. The lowest BCUT2D eigenvalue weighted by Crippen LogP contribution is -1.95. The fourth-order valence-corrected chi connectivity index (χ4v) is 8.58. The van der Waals surface area contributed by atoms with Gasteiger partial charge in [0.1, 0.15) is 0 Å². The van der Waals surface area contributed by atoms with Crippen LogP contribution in [0.1, 0.15) is 101 Å². The summed E-state index contributed by atoms with van der Waals surface area (Å²) in [7, 11) is 0. The first kappa shape index (κ1) is 38.9. The lowest BCUT2D eigenvalue weighted by molar-refractivity contribution is 0.868. The van der Waals surface area contributed by atoms with E-state index in [9.17, 15) is 0 Å². The van der Waals surface area contributed by atoms with Crippen molar-refractivity contribution in [1.29, 1.82) is 0 Å². The van der Waals surface area contributed by atoms with Crippen LogP contribution in [-0.4, -0.2) is 0 Å². The molecule has 0 heterocycles. The Morgan fingerprint density at radius 1 is 0.259 bits per heavy atom. The molecule has 0 heteroatoms. The molecule has 0 aromatic heterocycles. The molecule has 0 amide bonds. The van der Waals surface area contributed by atoms with E-state index in [1.54, 1.807) is 0 Å². The van der Waals surface area contributed by atoms with Gasteiger partial charge in [0.05, 0.1) is 0 Å². The SMILES string of the molecule is CC(C)c1ccc2c(c1)c(-c1ccccc1)c(-c1ccccc1)c1cc(C(C)C)ccc12.CC(C)c1ccc2c(c1)cc(-c1ccccc1)c1cc(C(C)C)ccc12. The van der Waals surface area contributed by atoms with Crippen LogP contribution >= 0.6 is 0 Å². The summed E-state index contributed by atoms with van der Waals surface area (Å²) in [6.07, 6.45) is 0. The van der Waals surface area contributed by atoms with Gasteiger partial charge in [-0.15, -0.1) is 0 Å². The van der Waals surface area contributed by atoms with Crippen molar-refractivity contribution in [2.75, 3.05) is 0 Å². The second-order valence-electron chi connectivity index (χ2n) is 17.3. The minimum Gasteiger partial charge on any atom is -0.0622 e. The van der Waals surface area contributed by atoms with E-state index in [0.717, 1.165) is 0 Å². The van der Waals surface area contributed by atoms with Crippen molar-refractivity contribution in [3.05, 3.63) is 192 Å². The maximum absolute atomic E-state index is 2.42. The molecular formula is C58H56. The summed E-state index contributed by atoms with van der Waals surface area (Å²) in [5.74, 6) is 2.05. The largest absolute Gasteiger partial charge is 0.0622 e. The smallest absolute Gasteiger partial charge is 0.00202 e. The first-order valence-corrected chi connectivity index (χ1v) is 21.3. The summed E-state index contributed by atoms with van der Waals surface area (Å²) in [5, 5.41) is 10.7. The third-order valence-electron chi connectivity index (χ3n) is 12.0. The van der Waals surface area contributed by atoms with E-state index in [-0.39, 0.29) is 0 Å². The van der Waals surface area contributed by atoms with Crippen LogP contribution in [0.3, 0.4) is 0 Å². The average molecular weight is 753 g/mol. The first-order valence-electron chi connectivity index (χ1n) is 21.3. The third-order valence-corrected chi connectivity index (χ3v) is 12.0. The van der Waals surface area contributed by atoms with Crippen LogP contribution < -0.4 is 0 Å². The van der Waals surface area contributed by atoms with Crippen molar-refractivity contribution in [2.45, 2.75) is 79.1 Å². The third kappa shape index (κ3) is 7.57. The number of hydrogen-bond acceptors (Lipinski definition) is 0. The van der Waals surface area contributed by atoms with E-state index >= 15 is 0 Å². The van der Waals surface area contributed by atoms with Gasteiger partial charge < -0.3 is 0 Å². The van der Waals surface area contributed by atoms with Crippen molar-refractivity contribution in [1.82, 2.24) is 0 Å². The molecule has 9 aromatic rings. The van der Waals surface area contributed by atoms with E-state index in [4.69, 9.17) is 0 Å². The first-order chi connectivity index (χ1) is 28.1. The Bertz CT molecular complexity index is 2750. The minimum atomic E-state index is 0.488. The zero-order valence-electron chi connectivity index (χ0n) is 35.5. The minimum absolute atomic E-state index is 0.488. The van der Waals surface area contributed by atoms with Gasteiger partial charge in [-0.3, -0.25) is 0 Å². The highest BCUT2D eigenvalue weighted by molar-refractivity contribution is 6.22. The van der Waals surface area contributed by atoms with Crippen LogP contribution in [0.15, 0.2) is 170 Å². The molecule has 0 bridgehead atoms. The molecule has 9 aromatic carbocycles. The van der Waals surface area contributed by atoms with Gasteiger partial charge in [-0.05, 0) is 128 Å². The normalized spacial score (nSPS) is 11.7. The van der Waals surface area contributed by atoms with E-state index < -0.39 is 0 Å². The van der Waals surface area contributed by atoms with Gasteiger partial charge in [0.15, 0.2) is 0 Å². The van der Waals surface area contributed by atoms with Gasteiger partial charge in [-0.25, -0.2) is 0 Å². The Labute approximate surface area is 346 Å². The fourth-order valence-electron chi connectivity index (χ4n) is 8.58. The van der Waals surface area contributed by atoms with Crippen LogP contribution in [-0.2, 0) is 0 Å². The monoisotopic (exact) mass is 752 g/mol. The molecule has 0 fully saturated rings. The van der Waals surface area contributed by atoms with Crippen molar-refractivity contribution >= 4 is 43.1 Å². The van der Waals surface area contributed by atoms with Gasteiger partial charge in [-0.1, -0.05) is 219 Å². The molecule has 0 radical (unpaired) electrons. The molecule has 0 saturated carbocycles. The van der Waals surface area contributed by atoms with Gasteiger partial charge in [0, 0.05) is 0 Å². The molecule has 0 aliphatic rings. The Kier molecular flexibility index (Phi) is 11.0. The fraction of sp³-hybridized carbons (Fsp3) is 0.207. The summed E-state index contributed by atoms with van der Waals surface area (Å²) < 4.78 is 0. The van der Waals surface area contributed by atoms with Gasteiger partial charge in [0.25, 0.3) is 0 Å². The Morgan fingerprint density at radius 2 is 0.586 bits per heavy atom. The van der Waals surface area contributed by atoms with E-state index in [1.807, 2.05) is 0 Å². The highest BCUT2D eigenvalue weighted by atomic mass is 14.2. The Hall–Kier alpha value is -5.98. The van der Waals surface area contributed by atoms with Gasteiger partial charge in [-0.2, -0.15) is 0 Å². The molecule has 0 aliphatic heterocycles.